The van der Waals surface area contributed by atoms with E-state index < -0.39 is 10.0 Å². The third kappa shape index (κ3) is 4.14. The second-order valence-electron chi connectivity index (χ2n) is 8.94. The van der Waals surface area contributed by atoms with Gasteiger partial charge < -0.3 is 4.90 Å². The molecule has 0 saturated carbocycles. The molecule has 1 atom stereocenters. The summed E-state index contributed by atoms with van der Waals surface area (Å²) in [5.41, 5.74) is 2.22. The molecule has 4 aromatic rings. The number of hydrogen-bond donors (Lipinski definition) is 1. The molecular weight excluding hydrogens is 476 g/mol. The minimum absolute atomic E-state index is 0.0241. The first-order valence-electron chi connectivity index (χ1n) is 11.9. The second kappa shape index (κ2) is 9.40. The quantitative estimate of drug-likeness (QED) is 0.406. The van der Waals surface area contributed by atoms with Gasteiger partial charge in [-0.25, -0.2) is 23.1 Å². The number of nitrogens with zero attached hydrogens (tertiary/aromatic N) is 7. The zero-order chi connectivity index (χ0) is 25.4. The molecule has 0 unspecified atom stereocenters. The highest BCUT2D eigenvalue weighted by molar-refractivity contribution is 7.89. The van der Waals surface area contributed by atoms with Crippen molar-refractivity contribution >= 4 is 15.8 Å². The minimum Gasteiger partial charge on any atom is -0.342 e. The van der Waals surface area contributed by atoms with Crippen LogP contribution in [0, 0.1) is 6.92 Å². The Bertz CT molecular complexity index is 1500. The molecule has 1 aromatic carbocycles. The lowest BCUT2D eigenvalue weighted by molar-refractivity contribution is 0.496. The lowest BCUT2D eigenvalue weighted by Gasteiger charge is -2.39. The Hall–Kier alpha value is -3.70. The number of benzene rings is 1. The minimum atomic E-state index is -3.68. The summed E-state index contributed by atoms with van der Waals surface area (Å²) in [4.78, 5) is 16.3. The first kappa shape index (κ1) is 24.0. The summed E-state index contributed by atoms with van der Waals surface area (Å²) < 4.78 is 30.2. The number of hydrogen-bond acceptors (Lipinski definition) is 8. The summed E-state index contributed by atoms with van der Waals surface area (Å²) >= 11 is 0. The van der Waals surface area contributed by atoms with E-state index >= 15 is 0 Å². The van der Waals surface area contributed by atoms with E-state index in [0.29, 0.717) is 17.0 Å². The van der Waals surface area contributed by atoms with Crippen molar-refractivity contribution in [1.82, 2.24) is 34.4 Å². The predicted octanol–water partition coefficient (Wildman–Crippen LogP) is 3.59. The fraction of sp³-hybridized carbons (Fsp3) is 0.320. The second-order valence-corrected chi connectivity index (χ2v) is 10.7. The van der Waals surface area contributed by atoms with E-state index in [0.717, 1.165) is 29.6 Å². The van der Waals surface area contributed by atoms with E-state index in [1.54, 1.807) is 48.9 Å². The van der Waals surface area contributed by atoms with Crippen LogP contribution in [0.3, 0.4) is 0 Å². The summed E-state index contributed by atoms with van der Waals surface area (Å²) in [5, 5.41) is 8.76. The third-order valence-electron chi connectivity index (χ3n) is 6.31. The Balaban J connectivity index is 1.55. The smallest absolute Gasteiger partial charge is 0.240 e. The summed E-state index contributed by atoms with van der Waals surface area (Å²) in [6, 6.07) is 10.3. The normalized spacial score (nSPS) is 15.1. The van der Waals surface area contributed by atoms with Gasteiger partial charge in [-0.2, -0.15) is 0 Å². The van der Waals surface area contributed by atoms with E-state index in [1.165, 1.54) is 0 Å². The molecule has 0 amide bonds. The van der Waals surface area contributed by atoms with Crippen LogP contribution in [-0.2, 0) is 16.6 Å². The van der Waals surface area contributed by atoms with Crippen LogP contribution in [0.5, 0.6) is 0 Å². The van der Waals surface area contributed by atoms with Gasteiger partial charge in [-0.15, -0.1) is 10.2 Å². The van der Waals surface area contributed by atoms with Gasteiger partial charge in [0.15, 0.2) is 17.5 Å². The number of nitrogens with one attached hydrogen (secondary N) is 1. The molecule has 0 radical (unpaired) electrons. The maximum atomic E-state index is 12.8. The summed E-state index contributed by atoms with van der Waals surface area (Å²) in [6.45, 7) is 8.36. The molecule has 1 aliphatic heterocycles. The Labute approximate surface area is 210 Å². The number of anilines is 1. The molecule has 0 saturated heterocycles. The van der Waals surface area contributed by atoms with Gasteiger partial charge in [-0.05, 0) is 51.0 Å². The van der Waals surface area contributed by atoms with Gasteiger partial charge in [-0.1, -0.05) is 25.1 Å². The molecule has 0 fully saturated rings. The van der Waals surface area contributed by atoms with Crippen LogP contribution in [0.4, 0.5) is 5.82 Å². The highest BCUT2D eigenvalue weighted by Crippen LogP contribution is 2.40. The van der Waals surface area contributed by atoms with Gasteiger partial charge in [0, 0.05) is 30.5 Å². The van der Waals surface area contributed by atoms with Gasteiger partial charge in [0.1, 0.15) is 11.5 Å². The van der Waals surface area contributed by atoms with Gasteiger partial charge in [0.2, 0.25) is 10.0 Å². The van der Waals surface area contributed by atoms with Crippen molar-refractivity contribution < 1.29 is 8.42 Å². The lowest BCUT2D eigenvalue weighted by atomic mass is 10.1. The average Bonchev–Trinajstić information content (AvgIpc) is 3.28. The van der Waals surface area contributed by atoms with Crippen LogP contribution in [0.25, 0.3) is 17.1 Å². The fourth-order valence-corrected chi connectivity index (χ4v) is 5.66. The Morgan fingerprint density at radius 3 is 2.58 bits per heavy atom. The van der Waals surface area contributed by atoms with Crippen molar-refractivity contribution in [2.24, 2.45) is 0 Å². The van der Waals surface area contributed by atoms with Crippen LogP contribution in [0.15, 0.2) is 59.9 Å². The predicted molar refractivity (Wildman–Crippen MR) is 136 cm³/mol. The van der Waals surface area contributed by atoms with E-state index in [1.807, 2.05) is 17.6 Å². The molecule has 5 rings (SSSR count). The fourth-order valence-electron chi connectivity index (χ4n) is 4.63. The molecule has 186 valence electrons. The number of aromatic nitrogens is 6. The van der Waals surface area contributed by atoms with E-state index in [9.17, 15) is 8.42 Å². The molecular formula is C25H28N8O2S. The molecule has 1 N–H and O–H groups in total. The van der Waals surface area contributed by atoms with Crippen molar-refractivity contribution in [2.75, 3.05) is 4.90 Å². The summed E-state index contributed by atoms with van der Waals surface area (Å²) in [6.07, 6.45) is 5.93. The van der Waals surface area contributed by atoms with Crippen LogP contribution in [0.2, 0.25) is 0 Å². The SMILES string of the molecule is CC[C@@H]1c2nnc(C)n2-c2cnc(-c3ccncc3CNS(=O)(=O)c3ccccc3)nc2N1C(C)C. The van der Waals surface area contributed by atoms with Crippen molar-refractivity contribution in [3.05, 3.63) is 72.2 Å². The first-order chi connectivity index (χ1) is 17.3. The van der Waals surface area contributed by atoms with Crippen molar-refractivity contribution in [1.29, 1.82) is 0 Å². The highest BCUT2D eigenvalue weighted by Gasteiger charge is 2.36. The summed E-state index contributed by atoms with van der Waals surface area (Å²) in [7, 11) is -3.68. The number of pyridine rings is 1. The van der Waals surface area contributed by atoms with Gasteiger partial charge >= 0.3 is 0 Å². The molecule has 11 heteroatoms. The number of aryl methyl sites for hydroxylation is 1. The molecule has 0 bridgehead atoms. The molecule has 0 spiro atoms. The standard InChI is InChI=1S/C25H28N8O2S/c1-5-21-25-31-30-17(4)33(25)22-15-27-23(29-24(22)32(21)16(2)3)20-11-12-26-13-18(20)14-28-36(34,35)19-9-7-6-8-10-19/h6-13,15-16,21,28H,5,14H2,1-4H3/t21-/m1/s1. The lowest BCUT2D eigenvalue weighted by Crippen LogP contribution is -2.40. The van der Waals surface area contributed by atoms with E-state index in [-0.39, 0.29) is 23.5 Å². The van der Waals surface area contributed by atoms with Gasteiger partial charge in [-0.3, -0.25) is 9.55 Å². The monoisotopic (exact) mass is 504 g/mol. The zero-order valence-corrected chi connectivity index (χ0v) is 21.4. The van der Waals surface area contributed by atoms with Gasteiger partial charge in [0.25, 0.3) is 0 Å². The first-order valence-corrected chi connectivity index (χ1v) is 13.4. The van der Waals surface area contributed by atoms with Crippen LogP contribution in [-0.4, -0.2) is 44.2 Å². The maximum Gasteiger partial charge on any atom is 0.240 e. The number of rotatable bonds is 7. The zero-order valence-electron chi connectivity index (χ0n) is 20.6. The Morgan fingerprint density at radius 1 is 1.08 bits per heavy atom. The van der Waals surface area contributed by atoms with Crippen LogP contribution in [0.1, 0.15) is 50.4 Å². The third-order valence-corrected chi connectivity index (χ3v) is 7.73. The van der Waals surface area contributed by atoms with Crippen LogP contribution < -0.4 is 9.62 Å². The van der Waals surface area contributed by atoms with Gasteiger partial charge in [0.05, 0.1) is 17.1 Å². The number of sulfonamides is 1. The molecule has 4 heterocycles. The number of fused-ring (bicyclic) bond motifs is 3. The topological polar surface area (TPSA) is 119 Å². The molecule has 10 nitrogen and oxygen atoms in total. The molecule has 3 aromatic heterocycles. The molecule has 0 aliphatic carbocycles. The molecule has 36 heavy (non-hydrogen) atoms. The Kier molecular flexibility index (Phi) is 6.27. The van der Waals surface area contributed by atoms with E-state index in [2.05, 4.69) is 50.6 Å². The van der Waals surface area contributed by atoms with Crippen molar-refractivity contribution in [2.45, 2.75) is 57.6 Å². The average molecular weight is 505 g/mol. The summed E-state index contributed by atoms with van der Waals surface area (Å²) in [5.74, 6) is 2.96. The largest absolute Gasteiger partial charge is 0.342 e. The van der Waals surface area contributed by atoms with Crippen LogP contribution >= 0.6 is 0 Å². The Morgan fingerprint density at radius 2 is 1.86 bits per heavy atom. The van der Waals surface area contributed by atoms with Crippen molar-refractivity contribution in [3.63, 3.8) is 0 Å². The molecule has 1 aliphatic rings. The maximum absolute atomic E-state index is 12.8. The van der Waals surface area contributed by atoms with Crippen molar-refractivity contribution in [3.8, 4) is 17.1 Å². The highest BCUT2D eigenvalue weighted by atomic mass is 32.2. The van der Waals surface area contributed by atoms with E-state index in [4.69, 9.17) is 4.98 Å².